The summed E-state index contributed by atoms with van der Waals surface area (Å²) in [7, 11) is 1.44. The minimum atomic E-state index is -0.651. The lowest BCUT2D eigenvalue weighted by molar-refractivity contribution is -0.115. The first-order valence-corrected chi connectivity index (χ1v) is 5.64. The lowest BCUT2D eigenvalue weighted by atomic mass is 9.99. The van der Waals surface area contributed by atoms with E-state index in [0.29, 0.717) is 5.04 Å². The van der Waals surface area contributed by atoms with Crippen LogP contribution in [0.5, 0.6) is 0 Å². The number of rotatable bonds is 3. The second-order valence-corrected chi connectivity index (χ2v) is 4.99. The number of thioether (sulfide) groups is 1. The standard InChI is InChI=1S/C9H17N3O3S/c1-9(2,3)7(16-5-6(10)13)12-15-8(14)11-4/h5H2,1-4H3,(H2,10,13)(H,11,14)/b12-7+. The van der Waals surface area contributed by atoms with Gasteiger partial charge in [-0.25, -0.2) is 4.79 Å². The quantitative estimate of drug-likeness (QED) is 0.335. The first-order chi connectivity index (χ1) is 7.27. The third-order valence-corrected chi connectivity index (χ3v) is 2.80. The number of oxime groups is 1. The van der Waals surface area contributed by atoms with Crippen molar-refractivity contribution < 1.29 is 14.4 Å². The summed E-state index contributed by atoms with van der Waals surface area (Å²) in [5.74, 6) is -0.338. The van der Waals surface area contributed by atoms with Gasteiger partial charge in [-0.2, -0.15) is 0 Å². The summed E-state index contributed by atoms with van der Waals surface area (Å²) in [6.45, 7) is 5.69. The van der Waals surface area contributed by atoms with E-state index < -0.39 is 12.0 Å². The van der Waals surface area contributed by atoms with Gasteiger partial charge in [0.15, 0.2) is 0 Å². The molecule has 0 aliphatic rings. The van der Waals surface area contributed by atoms with Crippen molar-refractivity contribution in [3.05, 3.63) is 0 Å². The zero-order chi connectivity index (χ0) is 12.8. The molecule has 0 atom stereocenters. The Hall–Kier alpha value is -1.24. The number of hydrogen-bond acceptors (Lipinski definition) is 5. The number of hydrogen-bond donors (Lipinski definition) is 2. The molecule has 0 spiro atoms. The molecule has 7 heteroatoms. The fourth-order valence-corrected chi connectivity index (χ4v) is 1.45. The zero-order valence-corrected chi connectivity index (χ0v) is 10.7. The minimum Gasteiger partial charge on any atom is -0.369 e. The number of amides is 2. The summed E-state index contributed by atoms with van der Waals surface area (Å²) in [4.78, 5) is 26.1. The molecule has 0 saturated carbocycles. The van der Waals surface area contributed by atoms with E-state index in [0.717, 1.165) is 11.8 Å². The molecule has 3 N–H and O–H groups in total. The Bertz CT molecular complexity index is 297. The molecule has 0 saturated heterocycles. The number of nitrogens with two attached hydrogens (primary N) is 1. The molecule has 0 aromatic heterocycles. The van der Waals surface area contributed by atoms with E-state index in [-0.39, 0.29) is 11.2 Å². The molecule has 0 heterocycles. The Morgan fingerprint density at radius 1 is 1.44 bits per heavy atom. The van der Waals surface area contributed by atoms with Gasteiger partial charge >= 0.3 is 6.09 Å². The van der Waals surface area contributed by atoms with Crippen molar-refractivity contribution in [3.63, 3.8) is 0 Å². The van der Waals surface area contributed by atoms with Crippen molar-refractivity contribution in [2.45, 2.75) is 20.8 Å². The lowest BCUT2D eigenvalue weighted by Gasteiger charge is -2.19. The average molecular weight is 247 g/mol. The molecule has 92 valence electrons. The van der Waals surface area contributed by atoms with Crippen molar-refractivity contribution in [3.8, 4) is 0 Å². The van der Waals surface area contributed by atoms with Crippen LogP contribution in [0.3, 0.4) is 0 Å². The third-order valence-electron chi connectivity index (χ3n) is 1.41. The van der Waals surface area contributed by atoms with Gasteiger partial charge in [-0.3, -0.25) is 9.63 Å². The van der Waals surface area contributed by atoms with Gasteiger partial charge < -0.3 is 11.1 Å². The van der Waals surface area contributed by atoms with E-state index in [1.54, 1.807) is 0 Å². The van der Waals surface area contributed by atoms with Crippen molar-refractivity contribution in [1.29, 1.82) is 0 Å². The van der Waals surface area contributed by atoms with Gasteiger partial charge in [-0.15, -0.1) is 0 Å². The number of carbonyl (C=O) groups excluding carboxylic acids is 2. The maximum absolute atomic E-state index is 10.8. The molecule has 0 fully saturated rings. The van der Waals surface area contributed by atoms with Crippen LogP contribution in [0.15, 0.2) is 5.16 Å². The Morgan fingerprint density at radius 3 is 2.38 bits per heavy atom. The van der Waals surface area contributed by atoms with Crippen molar-refractivity contribution >= 4 is 28.8 Å². The summed E-state index contributed by atoms with van der Waals surface area (Å²) < 4.78 is 0. The van der Waals surface area contributed by atoms with Gasteiger partial charge in [-0.1, -0.05) is 37.7 Å². The fraction of sp³-hybridized carbons (Fsp3) is 0.667. The smallest absolute Gasteiger partial charge is 0.369 e. The highest BCUT2D eigenvalue weighted by molar-refractivity contribution is 8.14. The van der Waals surface area contributed by atoms with Gasteiger partial charge in [0.05, 0.1) is 5.75 Å². The first kappa shape index (κ1) is 14.8. The largest absolute Gasteiger partial charge is 0.433 e. The summed E-state index contributed by atoms with van der Waals surface area (Å²) in [6, 6.07) is 0. The van der Waals surface area contributed by atoms with Crippen molar-refractivity contribution in [1.82, 2.24) is 5.32 Å². The number of carbonyl (C=O) groups is 2. The van der Waals surface area contributed by atoms with Crippen LogP contribution in [-0.2, 0) is 9.63 Å². The zero-order valence-electron chi connectivity index (χ0n) is 9.86. The lowest BCUT2D eigenvalue weighted by Crippen LogP contribution is -2.23. The molecule has 0 radical (unpaired) electrons. The van der Waals surface area contributed by atoms with Crippen molar-refractivity contribution in [2.75, 3.05) is 12.8 Å². The van der Waals surface area contributed by atoms with E-state index in [1.807, 2.05) is 20.8 Å². The van der Waals surface area contributed by atoms with Crippen LogP contribution in [0.1, 0.15) is 20.8 Å². The predicted octanol–water partition coefficient (Wildman–Crippen LogP) is 0.920. The van der Waals surface area contributed by atoms with E-state index in [2.05, 4.69) is 15.3 Å². The summed E-state index contributed by atoms with van der Waals surface area (Å²) in [5.41, 5.74) is 4.72. The Labute approximate surface area is 99.0 Å². The topological polar surface area (TPSA) is 93.8 Å². The highest BCUT2D eigenvalue weighted by Crippen LogP contribution is 2.24. The van der Waals surface area contributed by atoms with E-state index in [9.17, 15) is 9.59 Å². The summed E-state index contributed by atoms with van der Waals surface area (Å²) >= 11 is 1.16. The van der Waals surface area contributed by atoms with Gasteiger partial charge in [0.25, 0.3) is 0 Å². The number of primary amides is 1. The molecule has 16 heavy (non-hydrogen) atoms. The van der Waals surface area contributed by atoms with Gasteiger partial charge in [-0.05, 0) is 0 Å². The normalized spacial score (nSPS) is 12.1. The monoisotopic (exact) mass is 247 g/mol. The SMILES string of the molecule is CNC(=O)O/N=C(/SCC(N)=O)C(C)(C)C. The maximum Gasteiger partial charge on any atom is 0.433 e. The molecule has 0 unspecified atom stereocenters. The molecule has 6 nitrogen and oxygen atoms in total. The van der Waals surface area contributed by atoms with Crippen LogP contribution >= 0.6 is 11.8 Å². The van der Waals surface area contributed by atoms with E-state index >= 15 is 0 Å². The summed E-state index contributed by atoms with van der Waals surface area (Å²) in [5, 5.41) is 6.50. The Morgan fingerprint density at radius 2 is 2.00 bits per heavy atom. The molecule has 0 rings (SSSR count). The highest BCUT2D eigenvalue weighted by atomic mass is 32.2. The molecule has 0 aromatic rings. The molecule has 0 aromatic carbocycles. The molecule has 0 aliphatic carbocycles. The van der Waals surface area contributed by atoms with Crippen LogP contribution in [0.4, 0.5) is 4.79 Å². The maximum atomic E-state index is 10.8. The first-order valence-electron chi connectivity index (χ1n) is 4.65. The predicted molar refractivity (Wildman–Crippen MR) is 64.1 cm³/mol. The van der Waals surface area contributed by atoms with Crippen LogP contribution in [-0.4, -0.2) is 29.8 Å². The molecule has 2 amide bonds. The van der Waals surface area contributed by atoms with Gasteiger partial charge in [0, 0.05) is 12.5 Å². The number of nitrogens with one attached hydrogen (secondary N) is 1. The molecular weight excluding hydrogens is 230 g/mol. The van der Waals surface area contributed by atoms with Crippen LogP contribution in [0, 0.1) is 5.41 Å². The van der Waals surface area contributed by atoms with E-state index in [1.165, 1.54) is 7.05 Å². The van der Waals surface area contributed by atoms with Crippen molar-refractivity contribution in [2.24, 2.45) is 16.3 Å². The molecule has 0 bridgehead atoms. The molecular formula is C9H17N3O3S. The Balaban J connectivity index is 4.55. The van der Waals surface area contributed by atoms with Crippen LogP contribution in [0.2, 0.25) is 0 Å². The van der Waals surface area contributed by atoms with Gasteiger partial charge in [0.2, 0.25) is 5.91 Å². The number of nitrogens with zero attached hydrogens (tertiary/aromatic N) is 1. The van der Waals surface area contributed by atoms with Gasteiger partial charge in [0.1, 0.15) is 5.04 Å². The Kier molecular flexibility index (Phi) is 5.87. The summed E-state index contributed by atoms with van der Waals surface area (Å²) in [6.07, 6.45) is -0.651. The molecule has 0 aliphatic heterocycles. The second-order valence-electron chi connectivity index (χ2n) is 4.03. The fourth-order valence-electron chi connectivity index (χ4n) is 0.648. The third kappa shape index (κ3) is 6.28. The van der Waals surface area contributed by atoms with E-state index in [4.69, 9.17) is 5.73 Å². The average Bonchev–Trinajstić information content (AvgIpc) is 2.14. The highest BCUT2D eigenvalue weighted by Gasteiger charge is 2.21. The minimum absolute atomic E-state index is 0.104. The second kappa shape index (κ2) is 6.37. The van der Waals surface area contributed by atoms with Crippen LogP contribution in [0.25, 0.3) is 0 Å². The van der Waals surface area contributed by atoms with Crippen LogP contribution < -0.4 is 11.1 Å².